The molecule has 1 heterocycles. The number of aromatic nitrogens is 2. The number of carbonyl (C=O) groups excluding carboxylic acids is 1. The number of ether oxygens (including phenoxy) is 2. The first-order valence-corrected chi connectivity index (χ1v) is 8.14. The van der Waals surface area contributed by atoms with Crippen LogP contribution in [0.25, 0.3) is 11.1 Å². The van der Waals surface area contributed by atoms with Gasteiger partial charge < -0.3 is 20.5 Å². The molecule has 0 aliphatic carbocycles. The topological polar surface area (TPSA) is 91.4 Å². The molecule has 136 valence electrons. The van der Waals surface area contributed by atoms with Crippen molar-refractivity contribution in [2.75, 3.05) is 12.3 Å². The number of nitrogen functional groups attached to an aromatic ring is 1. The highest BCUT2D eigenvalue weighted by Crippen LogP contribution is 2.27. The molecule has 1 aromatic heterocycles. The third kappa shape index (κ3) is 6.02. The Hall–Kier alpha value is -2.70. The van der Waals surface area contributed by atoms with E-state index >= 15 is 0 Å². The van der Waals surface area contributed by atoms with Gasteiger partial charge >= 0.3 is 6.09 Å². The number of hydrogen-bond acceptors (Lipinski definition) is 5. The number of alkyl carbamates (subject to hydrolysis) is 1. The number of nitrogens with zero attached hydrogens (tertiary/aromatic N) is 2. The van der Waals surface area contributed by atoms with Gasteiger partial charge in [0, 0.05) is 30.6 Å². The molecule has 1 atom stereocenters. The summed E-state index contributed by atoms with van der Waals surface area (Å²) in [7, 11) is 1.86. The maximum atomic E-state index is 11.8. The number of aryl methyl sites for hydroxylation is 1. The van der Waals surface area contributed by atoms with Crippen LogP contribution in [0, 0.1) is 0 Å². The van der Waals surface area contributed by atoms with Gasteiger partial charge in [0.2, 0.25) is 0 Å². The average molecular weight is 346 g/mol. The summed E-state index contributed by atoms with van der Waals surface area (Å²) >= 11 is 0. The first-order chi connectivity index (χ1) is 11.6. The van der Waals surface area contributed by atoms with Gasteiger partial charge in [-0.3, -0.25) is 4.68 Å². The molecule has 0 fully saturated rings. The van der Waals surface area contributed by atoms with Crippen LogP contribution in [0.15, 0.2) is 30.6 Å². The second-order valence-corrected chi connectivity index (χ2v) is 7.05. The van der Waals surface area contributed by atoms with Crippen LogP contribution in [0.4, 0.5) is 10.5 Å². The van der Waals surface area contributed by atoms with E-state index in [1.165, 1.54) is 0 Å². The zero-order valence-corrected chi connectivity index (χ0v) is 15.4. The van der Waals surface area contributed by atoms with Gasteiger partial charge in [0.05, 0.1) is 12.2 Å². The maximum Gasteiger partial charge on any atom is 0.407 e. The molecule has 7 heteroatoms. The molecule has 0 radical (unpaired) electrons. The fraction of sp³-hybridized carbons (Fsp3) is 0.444. The minimum absolute atomic E-state index is 0.210. The largest absolute Gasteiger partial charge is 0.491 e. The Morgan fingerprint density at radius 1 is 1.32 bits per heavy atom. The Balaban J connectivity index is 1.96. The number of carbonyl (C=O) groups is 1. The fourth-order valence-electron chi connectivity index (χ4n) is 2.21. The van der Waals surface area contributed by atoms with E-state index in [9.17, 15) is 4.79 Å². The normalized spacial score (nSPS) is 12.5. The molecule has 0 bridgehead atoms. The third-order valence-corrected chi connectivity index (χ3v) is 3.23. The zero-order chi connectivity index (χ0) is 18.6. The minimum Gasteiger partial charge on any atom is -0.491 e. The second kappa shape index (κ2) is 7.46. The van der Waals surface area contributed by atoms with E-state index in [-0.39, 0.29) is 6.04 Å². The fourth-order valence-corrected chi connectivity index (χ4v) is 2.21. The molecule has 7 nitrogen and oxygen atoms in total. The van der Waals surface area contributed by atoms with Crippen molar-refractivity contribution in [3.05, 3.63) is 30.6 Å². The lowest BCUT2D eigenvalue weighted by Crippen LogP contribution is -2.40. The Morgan fingerprint density at radius 3 is 2.64 bits per heavy atom. The van der Waals surface area contributed by atoms with Gasteiger partial charge in [-0.25, -0.2) is 4.79 Å². The molecular formula is C18H26N4O3. The SMILES string of the molecule is CC(COc1cc(N)cc(-c2cnn(C)c2)c1)NC(=O)OC(C)(C)C. The lowest BCUT2D eigenvalue weighted by atomic mass is 10.1. The standard InChI is InChI=1S/C18H26N4O3/c1-12(21-17(23)25-18(2,3)4)11-24-16-7-13(6-15(19)8-16)14-9-20-22(5)10-14/h6-10,12H,11,19H2,1-5H3,(H,21,23). The van der Waals surface area contributed by atoms with Crippen molar-refractivity contribution in [1.82, 2.24) is 15.1 Å². The van der Waals surface area contributed by atoms with Crippen molar-refractivity contribution in [1.29, 1.82) is 0 Å². The molecule has 2 aromatic rings. The molecule has 2 rings (SSSR count). The number of anilines is 1. The highest BCUT2D eigenvalue weighted by Gasteiger charge is 2.18. The van der Waals surface area contributed by atoms with Crippen molar-refractivity contribution in [3.63, 3.8) is 0 Å². The Bertz CT molecular complexity index is 734. The zero-order valence-electron chi connectivity index (χ0n) is 15.4. The van der Waals surface area contributed by atoms with E-state index in [1.807, 2.05) is 53.1 Å². The summed E-state index contributed by atoms with van der Waals surface area (Å²) in [6, 6.07) is 5.30. The Kier molecular flexibility index (Phi) is 5.56. The van der Waals surface area contributed by atoms with E-state index in [2.05, 4.69) is 10.4 Å². The lowest BCUT2D eigenvalue weighted by Gasteiger charge is -2.22. The quantitative estimate of drug-likeness (QED) is 0.812. The molecule has 1 aromatic carbocycles. The molecule has 1 unspecified atom stereocenters. The summed E-state index contributed by atoms with van der Waals surface area (Å²) in [4.78, 5) is 11.8. The van der Waals surface area contributed by atoms with Crippen LogP contribution in [0.3, 0.4) is 0 Å². The number of amides is 1. The van der Waals surface area contributed by atoms with Gasteiger partial charge in [-0.1, -0.05) is 0 Å². The van der Waals surface area contributed by atoms with Crippen molar-refractivity contribution in [3.8, 4) is 16.9 Å². The summed E-state index contributed by atoms with van der Waals surface area (Å²) in [6.07, 6.45) is 3.21. The smallest absolute Gasteiger partial charge is 0.407 e. The van der Waals surface area contributed by atoms with Gasteiger partial charge in [-0.05, 0) is 45.4 Å². The number of hydrogen-bond donors (Lipinski definition) is 2. The van der Waals surface area contributed by atoms with Crippen LogP contribution in [0.5, 0.6) is 5.75 Å². The molecule has 0 aliphatic heterocycles. The number of nitrogens with one attached hydrogen (secondary N) is 1. The van der Waals surface area contributed by atoms with E-state index in [0.717, 1.165) is 11.1 Å². The molecule has 1 amide bonds. The first-order valence-electron chi connectivity index (χ1n) is 8.14. The van der Waals surface area contributed by atoms with E-state index in [0.29, 0.717) is 18.0 Å². The molecular weight excluding hydrogens is 320 g/mol. The average Bonchev–Trinajstić information content (AvgIpc) is 2.89. The van der Waals surface area contributed by atoms with Gasteiger partial charge in [0.15, 0.2) is 0 Å². The molecule has 0 saturated heterocycles. The lowest BCUT2D eigenvalue weighted by molar-refractivity contribution is 0.0494. The van der Waals surface area contributed by atoms with Crippen LogP contribution >= 0.6 is 0 Å². The summed E-state index contributed by atoms with van der Waals surface area (Å²) in [6.45, 7) is 7.61. The van der Waals surface area contributed by atoms with Crippen LogP contribution in [0.2, 0.25) is 0 Å². The van der Waals surface area contributed by atoms with Crippen LogP contribution in [-0.4, -0.2) is 34.1 Å². The molecule has 0 saturated carbocycles. The predicted molar refractivity (Wildman–Crippen MR) is 97.4 cm³/mol. The van der Waals surface area contributed by atoms with Crippen molar-refractivity contribution >= 4 is 11.8 Å². The van der Waals surface area contributed by atoms with Crippen molar-refractivity contribution < 1.29 is 14.3 Å². The highest BCUT2D eigenvalue weighted by atomic mass is 16.6. The second-order valence-electron chi connectivity index (χ2n) is 7.05. The Morgan fingerprint density at radius 2 is 2.04 bits per heavy atom. The van der Waals surface area contributed by atoms with E-state index in [1.54, 1.807) is 16.9 Å². The van der Waals surface area contributed by atoms with E-state index < -0.39 is 11.7 Å². The number of rotatable bonds is 5. The van der Waals surface area contributed by atoms with Gasteiger partial charge in [0.25, 0.3) is 0 Å². The monoisotopic (exact) mass is 346 g/mol. The maximum absolute atomic E-state index is 11.8. The summed E-state index contributed by atoms with van der Waals surface area (Å²) in [5.41, 5.74) is 7.92. The van der Waals surface area contributed by atoms with Crippen LogP contribution < -0.4 is 15.8 Å². The molecule has 3 N–H and O–H groups in total. The van der Waals surface area contributed by atoms with Crippen LogP contribution in [0.1, 0.15) is 27.7 Å². The molecule has 0 spiro atoms. The van der Waals surface area contributed by atoms with Crippen molar-refractivity contribution in [2.45, 2.75) is 39.3 Å². The predicted octanol–water partition coefficient (Wildman–Crippen LogP) is 2.96. The van der Waals surface area contributed by atoms with Gasteiger partial charge in [-0.2, -0.15) is 5.10 Å². The summed E-state index contributed by atoms with van der Waals surface area (Å²) < 4.78 is 12.7. The van der Waals surface area contributed by atoms with Gasteiger partial charge in [-0.15, -0.1) is 0 Å². The van der Waals surface area contributed by atoms with Gasteiger partial charge in [0.1, 0.15) is 18.0 Å². The van der Waals surface area contributed by atoms with Crippen LogP contribution in [-0.2, 0) is 11.8 Å². The summed E-state index contributed by atoms with van der Waals surface area (Å²) in [5.74, 6) is 0.636. The van der Waals surface area contributed by atoms with Crippen molar-refractivity contribution in [2.24, 2.45) is 7.05 Å². The number of nitrogens with two attached hydrogens (primary N) is 1. The highest BCUT2D eigenvalue weighted by molar-refractivity contribution is 5.69. The summed E-state index contributed by atoms with van der Waals surface area (Å²) in [5, 5.41) is 6.90. The number of benzene rings is 1. The molecule has 25 heavy (non-hydrogen) atoms. The Labute approximate surface area is 148 Å². The minimum atomic E-state index is -0.531. The third-order valence-electron chi connectivity index (χ3n) is 3.23. The molecule has 0 aliphatic rings. The van der Waals surface area contributed by atoms with E-state index in [4.69, 9.17) is 15.2 Å². The first kappa shape index (κ1) is 18.6.